The third kappa shape index (κ3) is 2.43. The Kier molecular flexibility index (Phi) is 3.34. The molecule has 4 rings (SSSR count). The highest BCUT2D eigenvalue weighted by Gasteiger charge is 2.13. The molecule has 120 valence electrons. The van der Waals surface area contributed by atoms with Gasteiger partial charge in [-0.2, -0.15) is 0 Å². The van der Waals surface area contributed by atoms with E-state index in [9.17, 15) is 0 Å². The molecule has 0 saturated heterocycles. The van der Waals surface area contributed by atoms with E-state index in [-0.39, 0.29) is 5.95 Å². The fraction of sp³-hybridized carbons (Fsp3) is 0.125. The van der Waals surface area contributed by atoms with Gasteiger partial charge in [0.1, 0.15) is 11.5 Å². The maximum absolute atomic E-state index is 5.71. The number of aromatic nitrogens is 6. The van der Waals surface area contributed by atoms with E-state index < -0.39 is 0 Å². The zero-order valence-corrected chi connectivity index (χ0v) is 13.1. The highest BCUT2D eigenvalue weighted by atomic mass is 15.1. The number of nitrogens with zero attached hydrogens (tertiary/aromatic N) is 5. The molecule has 0 bridgehead atoms. The van der Waals surface area contributed by atoms with Gasteiger partial charge in [0.15, 0.2) is 0 Å². The van der Waals surface area contributed by atoms with Gasteiger partial charge in [-0.05, 0) is 12.1 Å². The van der Waals surface area contributed by atoms with E-state index in [2.05, 4.69) is 30.2 Å². The number of imidazole rings is 1. The van der Waals surface area contributed by atoms with Gasteiger partial charge in [-0.15, -0.1) is 0 Å². The molecule has 4 N–H and O–H groups in total. The minimum atomic E-state index is 0.244. The lowest BCUT2D eigenvalue weighted by atomic mass is 10.1. The molecule has 0 spiro atoms. The molecule has 0 fully saturated rings. The normalized spacial score (nSPS) is 11.0. The summed E-state index contributed by atoms with van der Waals surface area (Å²) < 4.78 is 1.98. The average molecular weight is 320 g/mol. The number of fused-ring (bicyclic) bond motifs is 1. The molecular weight excluding hydrogens is 304 g/mol. The highest BCUT2D eigenvalue weighted by Crippen LogP contribution is 2.32. The van der Waals surface area contributed by atoms with Crippen LogP contribution in [-0.2, 0) is 13.6 Å². The number of aromatic amines is 1. The van der Waals surface area contributed by atoms with Crippen LogP contribution in [0.5, 0.6) is 0 Å². The minimum Gasteiger partial charge on any atom is -0.377 e. The van der Waals surface area contributed by atoms with Crippen molar-refractivity contribution in [1.82, 2.24) is 29.5 Å². The summed E-state index contributed by atoms with van der Waals surface area (Å²) in [6.45, 7) is 0.610. The van der Waals surface area contributed by atoms with Gasteiger partial charge in [0, 0.05) is 49.3 Å². The van der Waals surface area contributed by atoms with Crippen molar-refractivity contribution in [2.45, 2.75) is 6.54 Å². The Hall–Kier alpha value is -3.42. The Balaban J connectivity index is 1.76. The van der Waals surface area contributed by atoms with Gasteiger partial charge < -0.3 is 20.6 Å². The first-order valence-corrected chi connectivity index (χ1v) is 7.47. The fourth-order valence-electron chi connectivity index (χ4n) is 2.67. The van der Waals surface area contributed by atoms with Crippen LogP contribution >= 0.6 is 0 Å². The number of nitrogen functional groups attached to an aromatic ring is 1. The number of hydrogen-bond donors (Lipinski definition) is 3. The molecule has 0 aliphatic rings. The largest absolute Gasteiger partial charge is 0.377 e. The standard InChI is InChI=1S/C16H16N8/c1-24-7-6-18-13(24)9-21-12-3-4-19-15-14(12)10(8-22-15)11-2-5-20-16(17)23-11/h2-8H,9H2,1H3,(H2,17,20,23)(H2,19,21,22). The van der Waals surface area contributed by atoms with Gasteiger partial charge in [0.05, 0.1) is 17.6 Å². The van der Waals surface area contributed by atoms with Crippen LogP contribution in [0.1, 0.15) is 5.82 Å². The zero-order valence-electron chi connectivity index (χ0n) is 13.1. The quantitative estimate of drug-likeness (QED) is 0.530. The molecule has 0 aliphatic carbocycles. The molecule has 8 heteroatoms. The highest BCUT2D eigenvalue weighted by molar-refractivity contribution is 6.01. The van der Waals surface area contributed by atoms with Gasteiger partial charge in [-0.25, -0.2) is 19.9 Å². The number of H-pyrrole nitrogens is 1. The molecule has 4 aromatic rings. The van der Waals surface area contributed by atoms with Gasteiger partial charge in [-0.3, -0.25) is 0 Å². The topological polar surface area (TPSA) is 110 Å². The van der Waals surface area contributed by atoms with Crippen molar-refractivity contribution in [3.8, 4) is 11.3 Å². The molecule has 0 amide bonds. The summed E-state index contributed by atoms with van der Waals surface area (Å²) in [5.41, 5.74) is 9.13. The lowest BCUT2D eigenvalue weighted by Gasteiger charge is -2.09. The monoisotopic (exact) mass is 320 g/mol. The van der Waals surface area contributed by atoms with Crippen LogP contribution in [0.15, 0.2) is 43.1 Å². The molecular formula is C16H16N8. The summed E-state index contributed by atoms with van der Waals surface area (Å²) in [6.07, 6.45) is 8.99. The van der Waals surface area contributed by atoms with Crippen LogP contribution in [0.4, 0.5) is 11.6 Å². The van der Waals surface area contributed by atoms with Crippen molar-refractivity contribution in [2.75, 3.05) is 11.1 Å². The smallest absolute Gasteiger partial charge is 0.220 e. The van der Waals surface area contributed by atoms with Crippen LogP contribution in [0, 0.1) is 0 Å². The van der Waals surface area contributed by atoms with Crippen molar-refractivity contribution in [1.29, 1.82) is 0 Å². The maximum atomic E-state index is 5.71. The molecule has 4 aromatic heterocycles. The van der Waals surface area contributed by atoms with E-state index in [1.165, 1.54) is 0 Å². The Morgan fingerprint density at radius 3 is 2.83 bits per heavy atom. The summed E-state index contributed by atoms with van der Waals surface area (Å²) in [5, 5.41) is 4.39. The summed E-state index contributed by atoms with van der Waals surface area (Å²) >= 11 is 0. The first-order chi connectivity index (χ1) is 11.7. The first kappa shape index (κ1) is 14.2. The number of hydrogen-bond acceptors (Lipinski definition) is 6. The lowest BCUT2D eigenvalue weighted by Crippen LogP contribution is -2.06. The second-order valence-electron chi connectivity index (χ2n) is 5.39. The molecule has 0 aliphatic heterocycles. The number of nitrogens with one attached hydrogen (secondary N) is 2. The first-order valence-electron chi connectivity index (χ1n) is 7.47. The Morgan fingerprint density at radius 2 is 2.04 bits per heavy atom. The molecule has 0 saturated carbocycles. The molecule has 0 aromatic carbocycles. The summed E-state index contributed by atoms with van der Waals surface area (Å²) in [6, 6.07) is 3.77. The molecule has 4 heterocycles. The Morgan fingerprint density at radius 1 is 1.17 bits per heavy atom. The number of rotatable bonds is 4. The van der Waals surface area contributed by atoms with E-state index in [1.54, 1.807) is 18.6 Å². The van der Waals surface area contributed by atoms with Gasteiger partial charge in [-0.1, -0.05) is 0 Å². The summed E-state index contributed by atoms with van der Waals surface area (Å²) in [4.78, 5) is 20.1. The van der Waals surface area contributed by atoms with Crippen molar-refractivity contribution in [3.63, 3.8) is 0 Å². The summed E-state index contributed by atoms with van der Waals surface area (Å²) in [7, 11) is 1.97. The van der Waals surface area contributed by atoms with Crippen LogP contribution in [0.2, 0.25) is 0 Å². The molecule has 0 radical (unpaired) electrons. The van der Waals surface area contributed by atoms with Gasteiger partial charge >= 0.3 is 0 Å². The Labute approximate surface area is 137 Å². The predicted octanol–water partition coefficient (Wildman–Crippen LogP) is 1.95. The predicted molar refractivity (Wildman–Crippen MR) is 92.1 cm³/mol. The van der Waals surface area contributed by atoms with Crippen LogP contribution in [-0.4, -0.2) is 29.5 Å². The molecule has 0 unspecified atom stereocenters. The van der Waals surface area contributed by atoms with E-state index in [0.717, 1.165) is 33.8 Å². The maximum Gasteiger partial charge on any atom is 0.220 e. The second kappa shape index (κ2) is 5.65. The van der Waals surface area contributed by atoms with E-state index in [0.29, 0.717) is 6.54 Å². The minimum absolute atomic E-state index is 0.244. The van der Waals surface area contributed by atoms with E-state index in [1.807, 2.05) is 36.1 Å². The van der Waals surface area contributed by atoms with Crippen LogP contribution in [0.25, 0.3) is 22.3 Å². The average Bonchev–Trinajstić information content (AvgIpc) is 3.19. The summed E-state index contributed by atoms with van der Waals surface area (Å²) in [5.74, 6) is 1.19. The Bertz CT molecular complexity index is 1000. The number of pyridine rings is 1. The number of aryl methyl sites for hydroxylation is 1. The van der Waals surface area contributed by atoms with Crippen molar-refractivity contribution in [3.05, 3.63) is 48.9 Å². The van der Waals surface area contributed by atoms with E-state index >= 15 is 0 Å². The molecule has 8 nitrogen and oxygen atoms in total. The fourth-order valence-corrected chi connectivity index (χ4v) is 2.67. The third-order valence-electron chi connectivity index (χ3n) is 3.88. The van der Waals surface area contributed by atoms with Crippen LogP contribution in [0.3, 0.4) is 0 Å². The van der Waals surface area contributed by atoms with Gasteiger partial charge in [0.25, 0.3) is 0 Å². The van der Waals surface area contributed by atoms with Gasteiger partial charge in [0.2, 0.25) is 5.95 Å². The second-order valence-corrected chi connectivity index (χ2v) is 5.39. The zero-order chi connectivity index (χ0) is 16.5. The van der Waals surface area contributed by atoms with Crippen molar-refractivity contribution < 1.29 is 0 Å². The molecule has 24 heavy (non-hydrogen) atoms. The lowest BCUT2D eigenvalue weighted by molar-refractivity contribution is 0.813. The van der Waals surface area contributed by atoms with E-state index in [4.69, 9.17) is 5.73 Å². The third-order valence-corrected chi connectivity index (χ3v) is 3.88. The number of anilines is 2. The van der Waals surface area contributed by atoms with Crippen molar-refractivity contribution in [2.24, 2.45) is 7.05 Å². The van der Waals surface area contributed by atoms with Crippen molar-refractivity contribution >= 4 is 22.7 Å². The SMILES string of the molecule is Cn1ccnc1CNc1ccnc2[nH]cc(-c3ccnc(N)n3)c12. The molecule has 0 atom stereocenters. The number of nitrogens with two attached hydrogens (primary N) is 1. The van der Waals surface area contributed by atoms with Crippen LogP contribution < -0.4 is 11.1 Å².